The fraction of sp³-hybridized carbons (Fsp3) is 0.238. The molecule has 0 aliphatic heterocycles. The number of hydrogen-bond donors (Lipinski definition) is 1. The number of carbonyl (C=O) groups is 1. The SMILES string of the molecule is Cc1oc(-c2ccc(F)cc2)nc1CCNC(=O)CCc1ccccc1. The first-order valence-corrected chi connectivity index (χ1v) is 8.64. The molecule has 1 aromatic heterocycles. The van der Waals surface area contributed by atoms with Crippen molar-refractivity contribution in [3.05, 3.63) is 77.4 Å². The molecule has 0 spiro atoms. The summed E-state index contributed by atoms with van der Waals surface area (Å²) in [5, 5.41) is 2.91. The highest BCUT2D eigenvalue weighted by atomic mass is 19.1. The first kappa shape index (κ1) is 17.9. The average Bonchev–Trinajstić information content (AvgIpc) is 3.02. The van der Waals surface area contributed by atoms with Gasteiger partial charge in [0.15, 0.2) is 0 Å². The quantitative estimate of drug-likeness (QED) is 0.697. The van der Waals surface area contributed by atoms with Crippen molar-refractivity contribution >= 4 is 5.91 Å². The summed E-state index contributed by atoms with van der Waals surface area (Å²) in [5.41, 5.74) is 2.68. The summed E-state index contributed by atoms with van der Waals surface area (Å²) in [7, 11) is 0. The Bertz CT molecular complexity index is 857. The summed E-state index contributed by atoms with van der Waals surface area (Å²) in [6.07, 6.45) is 1.78. The molecule has 0 aliphatic carbocycles. The minimum atomic E-state index is -0.296. The Kier molecular flexibility index (Phi) is 5.79. The second kappa shape index (κ2) is 8.43. The van der Waals surface area contributed by atoms with E-state index >= 15 is 0 Å². The monoisotopic (exact) mass is 352 g/mol. The summed E-state index contributed by atoms with van der Waals surface area (Å²) < 4.78 is 18.7. The third kappa shape index (κ3) is 4.79. The van der Waals surface area contributed by atoms with Gasteiger partial charge >= 0.3 is 0 Å². The fourth-order valence-electron chi connectivity index (χ4n) is 2.69. The predicted octanol–water partition coefficient (Wildman–Crippen LogP) is 4.08. The van der Waals surface area contributed by atoms with E-state index in [0.29, 0.717) is 31.0 Å². The van der Waals surface area contributed by atoms with Crippen molar-refractivity contribution in [2.75, 3.05) is 6.54 Å². The number of aryl methyl sites for hydroxylation is 2. The van der Waals surface area contributed by atoms with E-state index in [0.717, 1.165) is 23.2 Å². The molecule has 0 unspecified atom stereocenters. The molecule has 0 saturated carbocycles. The zero-order valence-electron chi connectivity index (χ0n) is 14.7. The van der Waals surface area contributed by atoms with Gasteiger partial charge in [0.05, 0.1) is 5.69 Å². The number of amides is 1. The highest BCUT2D eigenvalue weighted by Gasteiger charge is 2.12. The first-order valence-electron chi connectivity index (χ1n) is 8.64. The minimum Gasteiger partial charge on any atom is -0.441 e. The molecule has 3 rings (SSSR count). The predicted molar refractivity (Wildman–Crippen MR) is 98.1 cm³/mol. The van der Waals surface area contributed by atoms with E-state index in [1.165, 1.54) is 12.1 Å². The van der Waals surface area contributed by atoms with Crippen LogP contribution in [0.3, 0.4) is 0 Å². The molecule has 134 valence electrons. The molecule has 1 heterocycles. The van der Waals surface area contributed by atoms with Crippen LogP contribution in [0.15, 0.2) is 59.0 Å². The molecule has 0 bridgehead atoms. The van der Waals surface area contributed by atoms with Crippen LogP contribution in [0.2, 0.25) is 0 Å². The molecule has 0 fully saturated rings. The Morgan fingerprint density at radius 2 is 1.81 bits per heavy atom. The van der Waals surface area contributed by atoms with Crippen LogP contribution in [-0.2, 0) is 17.6 Å². The molecule has 0 aliphatic rings. The summed E-state index contributed by atoms with van der Waals surface area (Å²) in [6.45, 7) is 2.34. The van der Waals surface area contributed by atoms with Gasteiger partial charge in [-0.3, -0.25) is 4.79 Å². The van der Waals surface area contributed by atoms with Gasteiger partial charge in [-0.05, 0) is 43.2 Å². The number of rotatable bonds is 7. The number of benzene rings is 2. The first-order chi connectivity index (χ1) is 12.6. The van der Waals surface area contributed by atoms with Crippen molar-refractivity contribution in [3.63, 3.8) is 0 Å². The maximum atomic E-state index is 13.0. The number of oxazole rings is 1. The molecule has 0 atom stereocenters. The molecule has 26 heavy (non-hydrogen) atoms. The van der Waals surface area contributed by atoms with Gasteiger partial charge in [-0.1, -0.05) is 30.3 Å². The molecular weight excluding hydrogens is 331 g/mol. The van der Waals surface area contributed by atoms with Gasteiger partial charge < -0.3 is 9.73 Å². The van der Waals surface area contributed by atoms with E-state index in [9.17, 15) is 9.18 Å². The number of nitrogens with one attached hydrogen (secondary N) is 1. The van der Waals surface area contributed by atoms with E-state index < -0.39 is 0 Å². The van der Waals surface area contributed by atoms with Crippen molar-refractivity contribution in [2.24, 2.45) is 0 Å². The summed E-state index contributed by atoms with van der Waals surface area (Å²) in [6, 6.07) is 16.0. The lowest BCUT2D eigenvalue weighted by atomic mass is 10.1. The molecule has 5 heteroatoms. The molecule has 0 radical (unpaired) electrons. The maximum absolute atomic E-state index is 13.0. The number of hydrogen-bond acceptors (Lipinski definition) is 3. The topological polar surface area (TPSA) is 55.1 Å². The van der Waals surface area contributed by atoms with Crippen molar-refractivity contribution in [1.29, 1.82) is 0 Å². The van der Waals surface area contributed by atoms with E-state index in [1.54, 1.807) is 12.1 Å². The second-order valence-electron chi connectivity index (χ2n) is 6.11. The Morgan fingerprint density at radius 3 is 2.54 bits per heavy atom. The Hall–Kier alpha value is -2.95. The zero-order valence-corrected chi connectivity index (χ0v) is 14.7. The van der Waals surface area contributed by atoms with Crippen molar-refractivity contribution in [3.8, 4) is 11.5 Å². The van der Waals surface area contributed by atoms with Crippen LogP contribution in [0.25, 0.3) is 11.5 Å². The lowest BCUT2D eigenvalue weighted by Crippen LogP contribution is -2.26. The van der Waals surface area contributed by atoms with Crippen LogP contribution >= 0.6 is 0 Å². The molecule has 0 saturated heterocycles. The highest BCUT2D eigenvalue weighted by molar-refractivity contribution is 5.76. The maximum Gasteiger partial charge on any atom is 0.226 e. The molecule has 4 nitrogen and oxygen atoms in total. The van der Waals surface area contributed by atoms with Crippen LogP contribution in [0.1, 0.15) is 23.4 Å². The summed E-state index contributed by atoms with van der Waals surface area (Å²) >= 11 is 0. The van der Waals surface area contributed by atoms with E-state index in [2.05, 4.69) is 10.3 Å². The largest absolute Gasteiger partial charge is 0.441 e. The van der Waals surface area contributed by atoms with Gasteiger partial charge in [0.25, 0.3) is 0 Å². The normalized spacial score (nSPS) is 10.7. The van der Waals surface area contributed by atoms with Gasteiger partial charge in [0, 0.05) is 24.9 Å². The lowest BCUT2D eigenvalue weighted by molar-refractivity contribution is -0.121. The fourth-order valence-corrected chi connectivity index (χ4v) is 2.69. The van der Waals surface area contributed by atoms with Gasteiger partial charge in [-0.15, -0.1) is 0 Å². The Morgan fingerprint density at radius 1 is 1.08 bits per heavy atom. The molecule has 2 aromatic carbocycles. The van der Waals surface area contributed by atoms with Crippen LogP contribution < -0.4 is 5.32 Å². The lowest BCUT2D eigenvalue weighted by Gasteiger charge is -2.04. The smallest absolute Gasteiger partial charge is 0.226 e. The van der Waals surface area contributed by atoms with E-state index in [1.807, 2.05) is 37.3 Å². The van der Waals surface area contributed by atoms with E-state index in [4.69, 9.17) is 4.42 Å². The van der Waals surface area contributed by atoms with Crippen LogP contribution in [-0.4, -0.2) is 17.4 Å². The zero-order chi connectivity index (χ0) is 18.4. The number of nitrogens with zero attached hydrogens (tertiary/aromatic N) is 1. The van der Waals surface area contributed by atoms with Gasteiger partial charge in [0.2, 0.25) is 11.8 Å². The van der Waals surface area contributed by atoms with Gasteiger partial charge in [0.1, 0.15) is 11.6 Å². The summed E-state index contributed by atoms with van der Waals surface area (Å²) in [4.78, 5) is 16.4. The Balaban J connectivity index is 1.49. The van der Waals surface area contributed by atoms with Crippen LogP contribution in [0, 0.1) is 12.7 Å². The van der Waals surface area contributed by atoms with Crippen molar-refractivity contribution < 1.29 is 13.6 Å². The third-order valence-electron chi connectivity index (χ3n) is 4.15. The van der Waals surface area contributed by atoms with E-state index in [-0.39, 0.29) is 11.7 Å². The molecule has 1 amide bonds. The molecular formula is C21H21FN2O2. The van der Waals surface area contributed by atoms with Crippen molar-refractivity contribution in [1.82, 2.24) is 10.3 Å². The third-order valence-corrected chi connectivity index (χ3v) is 4.15. The number of carbonyl (C=O) groups excluding carboxylic acids is 1. The number of halogens is 1. The minimum absolute atomic E-state index is 0.0220. The van der Waals surface area contributed by atoms with Crippen LogP contribution in [0.4, 0.5) is 4.39 Å². The van der Waals surface area contributed by atoms with Gasteiger partial charge in [-0.25, -0.2) is 9.37 Å². The average molecular weight is 352 g/mol. The molecule has 1 N–H and O–H groups in total. The highest BCUT2D eigenvalue weighted by Crippen LogP contribution is 2.22. The molecule has 3 aromatic rings. The summed E-state index contributed by atoms with van der Waals surface area (Å²) in [5.74, 6) is 0.903. The van der Waals surface area contributed by atoms with Crippen molar-refractivity contribution in [2.45, 2.75) is 26.2 Å². The standard InChI is InChI=1S/C21H21FN2O2/c1-15-19(24-21(26-15)17-8-10-18(22)11-9-17)13-14-23-20(25)12-7-16-5-3-2-4-6-16/h2-6,8-11H,7,12-14H2,1H3,(H,23,25). The second-order valence-corrected chi connectivity index (χ2v) is 6.11. The van der Waals surface area contributed by atoms with Gasteiger partial charge in [-0.2, -0.15) is 0 Å². The van der Waals surface area contributed by atoms with Crippen LogP contribution in [0.5, 0.6) is 0 Å². The number of aromatic nitrogens is 1. The Labute approximate surface area is 152 Å².